The standard InChI is InChI=1S/C32H37FNO7P/c1-19(2)40-42(37,41-20(3)4)18-38-25-12-14-29-28(17-25)31(21-7-9-23(33)10-8-21)27(32(34-29)22-5-6-22)13-11-26-15-24(35)16-30(36)39-26/h7-14,17,19-20,22,24,26,35H,5-6,15-16,18H2,1-4H3/t24-,26-/m1/s1. The van der Waals surface area contributed by atoms with E-state index in [9.17, 15) is 18.9 Å². The van der Waals surface area contributed by atoms with Crippen molar-refractivity contribution in [1.29, 1.82) is 0 Å². The molecule has 2 aliphatic rings. The summed E-state index contributed by atoms with van der Waals surface area (Å²) in [6.45, 7) is 7.14. The molecule has 5 rings (SSSR count). The first-order chi connectivity index (χ1) is 20.0. The van der Waals surface area contributed by atoms with Gasteiger partial charge in [0.15, 0.2) is 6.35 Å². The molecule has 0 bridgehead atoms. The molecule has 224 valence electrons. The maximum absolute atomic E-state index is 14.0. The van der Waals surface area contributed by atoms with Crippen molar-refractivity contribution in [2.24, 2.45) is 0 Å². The molecule has 0 radical (unpaired) electrons. The Bertz CT molecular complexity index is 1500. The highest BCUT2D eigenvalue weighted by Crippen LogP contribution is 2.51. The van der Waals surface area contributed by atoms with E-state index >= 15 is 0 Å². The van der Waals surface area contributed by atoms with Crippen molar-refractivity contribution in [3.05, 3.63) is 65.6 Å². The summed E-state index contributed by atoms with van der Waals surface area (Å²) in [5.74, 6) is -0.0695. The van der Waals surface area contributed by atoms with Crippen LogP contribution < -0.4 is 4.74 Å². The van der Waals surface area contributed by atoms with E-state index in [1.54, 1.807) is 52.0 Å². The number of halogens is 1. The highest BCUT2D eigenvalue weighted by molar-refractivity contribution is 7.53. The Kier molecular flexibility index (Phi) is 9.14. The third kappa shape index (κ3) is 7.45. The predicted molar refractivity (Wildman–Crippen MR) is 159 cm³/mol. The molecule has 2 heterocycles. The molecule has 1 aliphatic heterocycles. The van der Waals surface area contributed by atoms with Gasteiger partial charge in [0, 0.05) is 28.9 Å². The van der Waals surface area contributed by atoms with Gasteiger partial charge in [-0.25, -0.2) is 4.39 Å². The van der Waals surface area contributed by atoms with E-state index in [2.05, 4.69) is 0 Å². The molecule has 1 saturated carbocycles. The van der Waals surface area contributed by atoms with Gasteiger partial charge in [-0.3, -0.25) is 14.3 Å². The lowest BCUT2D eigenvalue weighted by molar-refractivity contribution is -0.156. The Balaban J connectivity index is 1.59. The highest BCUT2D eigenvalue weighted by Gasteiger charge is 2.32. The molecule has 42 heavy (non-hydrogen) atoms. The van der Waals surface area contributed by atoms with Gasteiger partial charge in [-0.2, -0.15) is 0 Å². The largest absolute Gasteiger partial charge is 0.481 e. The van der Waals surface area contributed by atoms with Crippen molar-refractivity contribution in [2.75, 3.05) is 6.35 Å². The van der Waals surface area contributed by atoms with E-state index in [0.717, 1.165) is 46.1 Å². The van der Waals surface area contributed by atoms with Crippen molar-refractivity contribution < 1.29 is 37.4 Å². The highest BCUT2D eigenvalue weighted by atomic mass is 31.2. The van der Waals surface area contributed by atoms with E-state index in [4.69, 9.17) is 23.5 Å². The zero-order chi connectivity index (χ0) is 30.0. The maximum atomic E-state index is 14.0. The second-order valence-electron chi connectivity index (χ2n) is 11.4. The fourth-order valence-electron chi connectivity index (χ4n) is 5.14. The Hall–Kier alpha value is -3.10. The van der Waals surface area contributed by atoms with Gasteiger partial charge in [-0.05, 0) is 82.5 Å². The first-order valence-electron chi connectivity index (χ1n) is 14.4. The number of fused-ring (bicyclic) bond motifs is 1. The van der Waals surface area contributed by atoms with Crippen molar-refractivity contribution in [3.8, 4) is 16.9 Å². The zero-order valence-electron chi connectivity index (χ0n) is 24.3. The Morgan fingerprint density at radius 2 is 1.79 bits per heavy atom. The second kappa shape index (κ2) is 12.6. The number of aliphatic hydroxyl groups excluding tert-OH is 1. The van der Waals surface area contributed by atoms with Crippen molar-refractivity contribution >= 4 is 30.5 Å². The number of hydrogen-bond acceptors (Lipinski definition) is 8. The minimum atomic E-state index is -3.54. The lowest BCUT2D eigenvalue weighted by Gasteiger charge is -2.24. The molecule has 1 aromatic heterocycles. The summed E-state index contributed by atoms with van der Waals surface area (Å²) in [5.41, 5.74) is 4.09. The van der Waals surface area contributed by atoms with Crippen LogP contribution in [-0.4, -0.2) is 46.8 Å². The third-order valence-corrected chi connectivity index (χ3v) is 8.85. The molecular formula is C32H37FNO7P. The second-order valence-corrected chi connectivity index (χ2v) is 13.3. The first kappa shape index (κ1) is 30.4. The van der Waals surface area contributed by atoms with Crippen LogP contribution in [0.3, 0.4) is 0 Å². The van der Waals surface area contributed by atoms with Crippen molar-refractivity contribution in [2.45, 2.75) is 83.7 Å². The number of pyridine rings is 1. The van der Waals surface area contributed by atoms with E-state index in [0.29, 0.717) is 12.2 Å². The van der Waals surface area contributed by atoms with Gasteiger partial charge in [0.2, 0.25) is 0 Å². The number of carbonyl (C=O) groups is 1. The van der Waals surface area contributed by atoms with Gasteiger partial charge in [0.25, 0.3) is 0 Å². The number of cyclic esters (lactones) is 1. The number of nitrogens with zero attached hydrogens (tertiary/aromatic N) is 1. The molecule has 3 aromatic rings. The third-order valence-electron chi connectivity index (χ3n) is 6.92. The Morgan fingerprint density at radius 1 is 1.10 bits per heavy atom. The Morgan fingerprint density at radius 3 is 2.40 bits per heavy atom. The monoisotopic (exact) mass is 597 g/mol. The summed E-state index contributed by atoms with van der Waals surface area (Å²) in [5, 5.41) is 10.9. The molecule has 0 spiro atoms. The summed E-state index contributed by atoms with van der Waals surface area (Å²) >= 11 is 0. The molecular weight excluding hydrogens is 560 g/mol. The summed E-state index contributed by atoms with van der Waals surface area (Å²) in [6, 6.07) is 11.7. The molecule has 2 fully saturated rings. The fraction of sp³-hybridized carbons (Fsp3) is 0.438. The number of ether oxygens (including phenoxy) is 2. The van der Waals surface area contributed by atoms with Gasteiger partial charge in [-0.15, -0.1) is 0 Å². The molecule has 1 aliphatic carbocycles. The number of esters is 1. The summed E-state index contributed by atoms with van der Waals surface area (Å²) in [7, 11) is -3.54. The van der Waals surface area contributed by atoms with Crippen LogP contribution >= 0.6 is 7.60 Å². The Labute approximate surface area is 245 Å². The molecule has 0 amide bonds. The van der Waals surface area contributed by atoms with E-state index < -0.39 is 25.8 Å². The minimum Gasteiger partial charge on any atom is -0.481 e. The minimum absolute atomic E-state index is 0.0177. The number of carbonyl (C=O) groups excluding carboxylic acids is 1. The van der Waals surface area contributed by atoms with Gasteiger partial charge >= 0.3 is 13.6 Å². The van der Waals surface area contributed by atoms with Crippen LogP contribution in [0.5, 0.6) is 5.75 Å². The molecule has 2 atom stereocenters. The van der Waals surface area contributed by atoms with Crippen molar-refractivity contribution in [3.63, 3.8) is 0 Å². The molecule has 10 heteroatoms. The van der Waals surface area contributed by atoms with Crippen LogP contribution in [0.15, 0.2) is 48.5 Å². The fourth-order valence-corrected chi connectivity index (χ4v) is 6.91. The molecule has 0 unspecified atom stereocenters. The summed E-state index contributed by atoms with van der Waals surface area (Å²) in [6.07, 6.45) is 3.74. The lowest BCUT2D eigenvalue weighted by Crippen LogP contribution is -2.31. The van der Waals surface area contributed by atoms with Gasteiger partial charge in [0.05, 0.1) is 35.9 Å². The van der Waals surface area contributed by atoms with Crippen LogP contribution in [0.1, 0.15) is 70.6 Å². The molecule has 2 aromatic carbocycles. The van der Waals surface area contributed by atoms with Crippen LogP contribution in [0, 0.1) is 5.82 Å². The average Bonchev–Trinajstić information content (AvgIpc) is 3.75. The van der Waals surface area contributed by atoms with Gasteiger partial charge in [-0.1, -0.05) is 18.2 Å². The number of hydrogen-bond donors (Lipinski definition) is 1. The van der Waals surface area contributed by atoms with E-state index in [-0.39, 0.29) is 36.7 Å². The smallest absolute Gasteiger partial charge is 0.368 e. The molecule has 8 nitrogen and oxygen atoms in total. The normalized spacial score (nSPS) is 19.7. The van der Waals surface area contributed by atoms with Crippen LogP contribution in [0.4, 0.5) is 4.39 Å². The lowest BCUT2D eigenvalue weighted by atomic mass is 9.91. The summed E-state index contributed by atoms with van der Waals surface area (Å²) in [4.78, 5) is 17.0. The first-order valence-corrected chi connectivity index (χ1v) is 16.1. The van der Waals surface area contributed by atoms with E-state index in [1.807, 2.05) is 18.2 Å². The van der Waals surface area contributed by atoms with Crippen LogP contribution in [0.2, 0.25) is 0 Å². The number of benzene rings is 2. The maximum Gasteiger partial charge on any atom is 0.368 e. The predicted octanol–water partition coefficient (Wildman–Crippen LogP) is 7.38. The number of aromatic nitrogens is 1. The molecule has 1 N–H and O–H groups in total. The topological polar surface area (TPSA) is 104 Å². The number of aliphatic hydroxyl groups is 1. The van der Waals surface area contributed by atoms with E-state index in [1.165, 1.54) is 12.1 Å². The average molecular weight is 598 g/mol. The molecule has 1 saturated heterocycles. The van der Waals surface area contributed by atoms with Gasteiger partial charge < -0.3 is 23.6 Å². The van der Waals surface area contributed by atoms with Crippen LogP contribution in [-0.2, 0) is 23.1 Å². The van der Waals surface area contributed by atoms with Gasteiger partial charge in [0.1, 0.15) is 17.7 Å². The summed E-state index contributed by atoms with van der Waals surface area (Å²) < 4.78 is 50.1. The van der Waals surface area contributed by atoms with Crippen LogP contribution in [0.25, 0.3) is 28.1 Å². The SMILES string of the molecule is CC(C)OP(=O)(COc1ccc2nc(C3CC3)c(C=C[C@@H]3C[C@@H](O)CC(=O)O3)c(-c3ccc(F)cc3)c2c1)OC(C)C. The van der Waals surface area contributed by atoms with Crippen molar-refractivity contribution in [1.82, 2.24) is 4.98 Å². The number of rotatable bonds is 11. The zero-order valence-corrected chi connectivity index (χ0v) is 25.2. The quantitative estimate of drug-likeness (QED) is 0.180.